The number of rotatable bonds is 2. The lowest BCUT2D eigenvalue weighted by Crippen LogP contribution is -2.62. The molecule has 0 aromatic rings. The van der Waals surface area contributed by atoms with Crippen LogP contribution in [0.15, 0.2) is 0 Å². The second-order valence-electron chi connectivity index (χ2n) is 8.09. The Bertz CT molecular complexity index is 309. The van der Waals surface area contributed by atoms with E-state index in [0.29, 0.717) is 11.0 Å². The molecule has 1 saturated carbocycles. The number of likely N-dealkylation sites (tertiary alicyclic amines) is 1. The molecule has 0 unspecified atom stereocenters. The van der Waals surface area contributed by atoms with Crippen molar-refractivity contribution in [2.75, 3.05) is 46.3 Å². The molecule has 3 fully saturated rings. The Kier molecular flexibility index (Phi) is 4.40. The molecule has 0 aromatic carbocycles. The summed E-state index contributed by atoms with van der Waals surface area (Å²) in [6.45, 7) is 10.2. The van der Waals surface area contributed by atoms with Gasteiger partial charge in [0.2, 0.25) is 0 Å². The number of piperidine rings is 1. The van der Waals surface area contributed by atoms with E-state index in [1.165, 1.54) is 84.2 Å². The molecule has 3 nitrogen and oxygen atoms in total. The van der Waals surface area contributed by atoms with Gasteiger partial charge in [0.05, 0.1) is 0 Å². The van der Waals surface area contributed by atoms with E-state index in [2.05, 4.69) is 29.1 Å². The van der Waals surface area contributed by atoms with Crippen LogP contribution in [0, 0.1) is 5.41 Å². The lowest BCUT2D eigenvalue weighted by atomic mass is 9.77. The summed E-state index contributed by atoms with van der Waals surface area (Å²) in [5, 5.41) is 3.87. The molecule has 1 spiro atoms. The van der Waals surface area contributed by atoms with Gasteiger partial charge in [-0.15, -0.1) is 0 Å². The van der Waals surface area contributed by atoms with Crippen LogP contribution in [0.2, 0.25) is 0 Å². The summed E-state index contributed by atoms with van der Waals surface area (Å²) in [7, 11) is 2.27. The van der Waals surface area contributed by atoms with Gasteiger partial charge in [-0.3, -0.25) is 4.90 Å². The zero-order valence-corrected chi connectivity index (χ0v) is 13.6. The molecule has 0 amide bonds. The highest BCUT2D eigenvalue weighted by Gasteiger charge is 2.38. The van der Waals surface area contributed by atoms with E-state index in [0.717, 1.165) is 0 Å². The molecule has 0 bridgehead atoms. The van der Waals surface area contributed by atoms with Gasteiger partial charge in [-0.1, -0.05) is 26.2 Å². The summed E-state index contributed by atoms with van der Waals surface area (Å²) in [5.41, 5.74) is 1.03. The first kappa shape index (κ1) is 14.8. The van der Waals surface area contributed by atoms with Gasteiger partial charge in [0, 0.05) is 31.7 Å². The normalized spacial score (nSPS) is 31.5. The monoisotopic (exact) mass is 279 g/mol. The van der Waals surface area contributed by atoms with E-state index in [1.54, 1.807) is 0 Å². The average Bonchev–Trinajstić information content (AvgIpc) is 2.43. The first-order valence-corrected chi connectivity index (χ1v) is 8.75. The van der Waals surface area contributed by atoms with Crippen LogP contribution in [0.25, 0.3) is 0 Å². The van der Waals surface area contributed by atoms with E-state index >= 15 is 0 Å². The summed E-state index contributed by atoms with van der Waals surface area (Å²) < 4.78 is 0. The standard InChI is InChI=1S/C17H33N3/c1-16(8-11-19(2)12-9-16)14-20-13-10-18-17(15-20)6-4-3-5-7-17/h18H,3-15H2,1-2H3. The maximum absolute atomic E-state index is 3.87. The Balaban J connectivity index is 1.57. The number of piperazine rings is 1. The minimum absolute atomic E-state index is 0.471. The van der Waals surface area contributed by atoms with Crippen LogP contribution in [0.3, 0.4) is 0 Å². The highest BCUT2D eigenvalue weighted by Crippen LogP contribution is 2.35. The molecule has 20 heavy (non-hydrogen) atoms. The van der Waals surface area contributed by atoms with Crippen molar-refractivity contribution in [3.05, 3.63) is 0 Å². The van der Waals surface area contributed by atoms with Gasteiger partial charge in [0.25, 0.3) is 0 Å². The van der Waals surface area contributed by atoms with Crippen molar-refractivity contribution in [2.45, 2.75) is 57.4 Å². The fraction of sp³-hybridized carbons (Fsp3) is 1.00. The van der Waals surface area contributed by atoms with Crippen LogP contribution >= 0.6 is 0 Å². The Morgan fingerprint density at radius 3 is 2.35 bits per heavy atom. The molecule has 0 aromatic heterocycles. The molecule has 1 aliphatic carbocycles. The number of nitrogens with one attached hydrogen (secondary N) is 1. The number of hydrogen-bond acceptors (Lipinski definition) is 3. The molecule has 2 heterocycles. The second kappa shape index (κ2) is 5.94. The van der Waals surface area contributed by atoms with Crippen LogP contribution in [-0.2, 0) is 0 Å². The lowest BCUT2D eigenvalue weighted by Gasteiger charge is -2.49. The Morgan fingerprint density at radius 2 is 1.65 bits per heavy atom. The van der Waals surface area contributed by atoms with Crippen molar-refractivity contribution >= 4 is 0 Å². The topological polar surface area (TPSA) is 18.5 Å². The Labute approximate surface area is 125 Å². The quantitative estimate of drug-likeness (QED) is 0.837. The summed E-state index contributed by atoms with van der Waals surface area (Å²) in [6.07, 6.45) is 9.88. The van der Waals surface area contributed by atoms with E-state index < -0.39 is 0 Å². The van der Waals surface area contributed by atoms with E-state index in [4.69, 9.17) is 0 Å². The maximum Gasteiger partial charge on any atom is 0.0309 e. The van der Waals surface area contributed by atoms with Gasteiger partial charge in [-0.25, -0.2) is 0 Å². The van der Waals surface area contributed by atoms with Crippen LogP contribution in [-0.4, -0.2) is 61.7 Å². The molecule has 0 radical (unpaired) electrons. The third-order valence-corrected chi connectivity index (χ3v) is 6.06. The van der Waals surface area contributed by atoms with Crippen LogP contribution in [0.5, 0.6) is 0 Å². The van der Waals surface area contributed by atoms with Crippen molar-refractivity contribution in [2.24, 2.45) is 5.41 Å². The van der Waals surface area contributed by atoms with Crippen LogP contribution < -0.4 is 5.32 Å². The van der Waals surface area contributed by atoms with Gasteiger partial charge in [-0.2, -0.15) is 0 Å². The van der Waals surface area contributed by atoms with Gasteiger partial charge in [-0.05, 0) is 51.2 Å². The minimum Gasteiger partial charge on any atom is -0.309 e. The predicted molar refractivity (Wildman–Crippen MR) is 85.1 cm³/mol. The number of nitrogens with zero attached hydrogens (tertiary/aromatic N) is 2. The maximum atomic E-state index is 3.87. The Morgan fingerprint density at radius 1 is 0.950 bits per heavy atom. The van der Waals surface area contributed by atoms with E-state index in [-0.39, 0.29) is 0 Å². The molecular formula is C17H33N3. The predicted octanol–water partition coefficient (Wildman–Crippen LogP) is 2.33. The Hall–Kier alpha value is -0.120. The zero-order valence-electron chi connectivity index (χ0n) is 13.6. The summed E-state index contributed by atoms with van der Waals surface area (Å²) in [6, 6.07) is 0. The van der Waals surface area contributed by atoms with Crippen molar-refractivity contribution < 1.29 is 0 Å². The van der Waals surface area contributed by atoms with Crippen LogP contribution in [0.4, 0.5) is 0 Å². The fourth-order valence-electron chi connectivity index (χ4n) is 4.60. The number of hydrogen-bond donors (Lipinski definition) is 1. The molecular weight excluding hydrogens is 246 g/mol. The third-order valence-electron chi connectivity index (χ3n) is 6.06. The largest absolute Gasteiger partial charge is 0.309 e. The molecule has 2 aliphatic heterocycles. The summed E-state index contributed by atoms with van der Waals surface area (Å²) in [4.78, 5) is 5.27. The lowest BCUT2D eigenvalue weighted by molar-refractivity contribution is 0.0401. The van der Waals surface area contributed by atoms with Crippen molar-refractivity contribution in [1.29, 1.82) is 0 Å². The first-order valence-electron chi connectivity index (χ1n) is 8.75. The average molecular weight is 279 g/mol. The highest BCUT2D eigenvalue weighted by molar-refractivity contribution is 4.98. The van der Waals surface area contributed by atoms with Gasteiger partial charge in [0.1, 0.15) is 0 Å². The highest BCUT2D eigenvalue weighted by atomic mass is 15.2. The molecule has 2 saturated heterocycles. The molecule has 0 atom stereocenters. The van der Waals surface area contributed by atoms with E-state index in [1.807, 2.05) is 0 Å². The van der Waals surface area contributed by atoms with E-state index in [9.17, 15) is 0 Å². The molecule has 3 heteroatoms. The molecule has 116 valence electrons. The third kappa shape index (κ3) is 3.37. The molecule has 3 aliphatic rings. The van der Waals surface area contributed by atoms with Crippen molar-refractivity contribution in [3.63, 3.8) is 0 Å². The van der Waals surface area contributed by atoms with Crippen molar-refractivity contribution in [1.82, 2.24) is 15.1 Å². The first-order chi connectivity index (χ1) is 9.59. The molecule has 3 rings (SSSR count). The zero-order chi connectivity index (χ0) is 14.1. The smallest absolute Gasteiger partial charge is 0.0309 e. The summed E-state index contributed by atoms with van der Waals surface area (Å²) >= 11 is 0. The van der Waals surface area contributed by atoms with Crippen molar-refractivity contribution in [3.8, 4) is 0 Å². The molecule has 1 N–H and O–H groups in total. The minimum atomic E-state index is 0.471. The summed E-state index contributed by atoms with van der Waals surface area (Å²) in [5.74, 6) is 0. The fourth-order valence-corrected chi connectivity index (χ4v) is 4.60. The second-order valence-corrected chi connectivity index (χ2v) is 8.09. The van der Waals surface area contributed by atoms with Gasteiger partial charge >= 0.3 is 0 Å². The SMILES string of the molecule is CN1CCC(C)(CN2CCNC3(CCCCC3)C2)CC1. The van der Waals surface area contributed by atoms with Gasteiger partial charge < -0.3 is 10.2 Å². The van der Waals surface area contributed by atoms with Crippen LogP contribution in [0.1, 0.15) is 51.9 Å². The van der Waals surface area contributed by atoms with Gasteiger partial charge in [0.15, 0.2) is 0 Å².